The fourth-order valence-electron chi connectivity index (χ4n) is 5.54. The lowest BCUT2D eigenvalue weighted by Crippen LogP contribution is -2.03. The van der Waals surface area contributed by atoms with Crippen LogP contribution in [-0.4, -0.2) is 25.7 Å². The summed E-state index contributed by atoms with van der Waals surface area (Å²) in [5.41, 5.74) is 6.05. The van der Waals surface area contributed by atoms with Crippen LogP contribution in [0.3, 0.4) is 0 Å². The van der Waals surface area contributed by atoms with Crippen molar-refractivity contribution in [2.24, 2.45) is 0 Å². The molecule has 0 N–H and O–H groups in total. The van der Waals surface area contributed by atoms with Crippen LogP contribution in [-0.2, 0) is 13.1 Å². The van der Waals surface area contributed by atoms with Crippen molar-refractivity contribution in [2.75, 3.05) is 6.61 Å². The molecule has 5 heteroatoms. The molecule has 36 heavy (non-hydrogen) atoms. The summed E-state index contributed by atoms with van der Waals surface area (Å²) in [5.74, 6) is 0.940. The number of unbranched alkanes of at least 4 members (excludes halogenated alkanes) is 2. The lowest BCUT2D eigenvalue weighted by atomic mass is 10.1. The van der Waals surface area contributed by atoms with Gasteiger partial charge < -0.3 is 13.9 Å². The van der Waals surface area contributed by atoms with Gasteiger partial charge in [-0.25, -0.2) is 0 Å². The van der Waals surface area contributed by atoms with Crippen LogP contribution in [0.15, 0.2) is 73.2 Å². The summed E-state index contributed by atoms with van der Waals surface area (Å²) in [5, 5.41) is 5.12. The van der Waals surface area contributed by atoms with E-state index in [0.717, 1.165) is 43.8 Å². The molecule has 4 heterocycles. The van der Waals surface area contributed by atoms with E-state index in [2.05, 4.69) is 87.5 Å². The van der Waals surface area contributed by atoms with E-state index in [1.54, 1.807) is 0 Å². The zero-order valence-electron chi connectivity index (χ0n) is 21.1. The number of hydrogen-bond acceptors (Lipinski definition) is 3. The molecule has 4 aromatic heterocycles. The van der Waals surface area contributed by atoms with Crippen molar-refractivity contribution in [3.05, 3.63) is 78.9 Å². The summed E-state index contributed by atoms with van der Waals surface area (Å²) < 4.78 is 11.1. The Morgan fingerprint density at radius 3 is 2.47 bits per heavy atom. The number of rotatable bonds is 9. The summed E-state index contributed by atoms with van der Waals surface area (Å²) in [7, 11) is 0. The average Bonchev–Trinajstić information content (AvgIpc) is 3.40. The lowest BCUT2D eigenvalue weighted by molar-refractivity contribution is 0.304. The highest BCUT2D eigenvalue weighted by atomic mass is 16.5. The molecule has 0 aliphatic heterocycles. The van der Waals surface area contributed by atoms with Gasteiger partial charge in [0.1, 0.15) is 5.75 Å². The van der Waals surface area contributed by atoms with Gasteiger partial charge in [0.05, 0.1) is 35.0 Å². The summed E-state index contributed by atoms with van der Waals surface area (Å²) in [6, 6.07) is 19.4. The number of ether oxygens (including phenoxy) is 1. The molecule has 0 amide bonds. The van der Waals surface area contributed by atoms with E-state index in [1.807, 2.05) is 18.6 Å². The van der Waals surface area contributed by atoms with Gasteiger partial charge in [-0.2, -0.15) is 0 Å². The maximum Gasteiger partial charge on any atom is 0.121 e. The highest BCUT2D eigenvalue weighted by Gasteiger charge is 2.14. The minimum absolute atomic E-state index is 0.705. The third-order valence-electron chi connectivity index (χ3n) is 7.28. The number of benzene rings is 2. The molecule has 2 aromatic carbocycles. The van der Waals surface area contributed by atoms with Gasteiger partial charge in [0.15, 0.2) is 0 Å². The molecule has 0 aliphatic rings. The molecule has 0 radical (unpaired) electrons. The quantitative estimate of drug-likeness (QED) is 0.201. The van der Waals surface area contributed by atoms with E-state index < -0.39 is 0 Å². The SMILES string of the molecule is CCCCn1c2cc(OCCCCn3c4ccccc4c4ccncc43)ccc2c2ccnc(C)c21. The Hall–Kier alpha value is -3.86. The molecule has 0 fully saturated rings. The Morgan fingerprint density at radius 1 is 0.750 bits per heavy atom. The first-order valence-corrected chi connectivity index (χ1v) is 13.1. The van der Waals surface area contributed by atoms with Crippen LogP contribution >= 0.6 is 0 Å². The fraction of sp³-hybridized carbons (Fsp3) is 0.290. The molecule has 5 nitrogen and oxygen atoms in total. The third kappa shape index (κ3) is 3.89. The molecular formula is C31H32N4O. The summed E-state index contributed by atoms with van der Waals surface area (Å²) >= 11 is 0. The van der Waals surface area contributed by atoms with Crippen LogP contribution in [0, 0.1) is 6.92 Å². The predicted octanol–water partition coefficient (Wildman–Crippen LogP) is 7.66. The first kappa shape index (κ1) is 22.6. The Bertz CT molecular complexity index is 1620. The summed E-state index contributed by atoms with van der Waals surface area (Å²) in [6.45, 7) is 7.00. The van der Waals surface area contributed by atoms with E-state index in [1.165, 1.54) is 50.0 Å². The normalized spacial score (nSPS) is 11.8. The topological polar surface area (TPSA) is 44.9 Å². The first-order valence-electron chi connectivity index (χ1n) is 13.1. The lowest BCUT2D eigenvalue weighted by Gasteiger charge is -2.10. The van der Waals surface area contributed by atoms with Gasteiger partial charge in [-0.3, -0.25) is 9.97 Å². The standard InChI is InChI=1S/C31H32N4O/c1-3-4-17-35-29-20-23(11-12-25(29)27-14-16-33-22(2)31(27)35)36-19-8-7-18-34-28-10-6-5-9-24(28)26-13-15-32-21-30(26)34/h5-6,9-16,20-21H,3-4,7-8,17-19H2,1-2H3. The van der Waals surface area contributed by atoms with Crippen molar-refractivity contribution < 1.29 is 4.74 Å². The van der Waals surface area contributed by atoms with Crippen LogP contribution < -0.4 is 4.74 Å². The van der Waals surface area contributed by atoms with Gasteiger partial charge in [-0.05, 0) is 56.5 Å². The van der Waals surface area contributed by atoms with Crippen molar-refractivity contribution in [1.29, 1.82) is 0 Å². The number of pyridine rings is 2. The van der Waals surface area contributed by atoms with Gasteiger partial charge in [0, 0.05) is 58.6 Å². The largest absolute Gasteiger partial charge is 0.494 e. The molecule has 0 saturated carbocycles. The molecule has 6 rings (SSSR count). The van der Waals surface area contributed by atoms with Crippen LogP contribution in [0.25, 0.3) is 43.6 Å². The molecular weight excluding hydrogens is 444 g/mol. The van der Waals surface area contributed by atoms with Gasteiger partial charge in [-0.15, -0.1) is 0 Å². The molecule has 0 bridgehead atoms. The van der Waals surface area contributed by atoms with Crippen LogP contribution in [0.4, 0.5) is 0 Å². The summed E-state index contributed by atoms with van der Waals surface area (Å²) in [4.78, 5) is 8.94. The highest BCUT2D eigenvalue weighted by molar-refractivity contribution is 6.09. The Labute approximate surface area is 211 Å². The molecule has 0 saturated heterocycles. The zero-order valence-corrected chi connectivity index (χ0v) is 21.1. The molecule has 0 unspecified atom stereocenters. The Kier molecular flexibility index (Phi) is 6.06. The van der Waals surface area contributed by atoms with Crippen LogP contribution in [0.5, 0.6) is 5.75 Å². The van der Waals surface area contributed by atoms with Crippen molar-refractivity contribution >= 4 is 43.6 Å². The van der Waals surface area contributed by atoms with Crippen LogP contribution in [0.2, 0.25) is 0 Å². The van der Waals surface area contributed by atoms with E-state index in [-0.39, 0.29) is 0 Å². The van der Waals surface area contributed by atoms with Crippen molar-refractivity contribution in [1.82, 2.24) is 19.1 Å². The van der Waals surface area contributed by atoms with Crippen molar-refractivity contribution in [2.45, 2.75) is 52.6 Å². The minimum atomic E-state index is 0.705. The second kappa shape index (κ2) is 9.65. The smallest absolute Gasteiger partial charge is 0.121 e. The zero-order chi connectivity index (χ0) is 24.5. The Morgan fingerprint density at radius 2 is 1.56 bits per heavy atom. The van der Waals surface area contributed by atoms with Crippen molar-refractivity contribution in [3.63, 3.8) is 0 Å². The van der Waals surface area contributed by atoms with Crippen LogP contribution in [0.1, 0.15) is 38.3 Å². The number of aryl methyl sites for hydroxylation is 3. The monoisotopic (exact) mass is 476 g/mol. The number of aromatic nitrogens is 4. The van der Waals surface area contributed by atoms with Crippen molar-refractivity contribution in [3.8, 4) is 5.75 Å². The average molecular weight is 477 g/mol. The molecule has 0 aliphatic carbocycles. The summed E-state index contributed by atoms with van der Waals surface area (Å²) in [6.07, 6.45) is 10.1. The van der Waals surface area contributed by atoms with E-state index in [4.69, 9.17) is 4.74 Å². The first-order chi connectivity index (χ1) is 17.8. The predicted molar refractivity (Wildman–Crippen MR) is 149 cm³/mol. The van der Waals surface area contributed by atoms with Gasteiger partial charge >= 0.3 is 0 Å². The second-order valence-corrected chi connectivity index (χ2v) is 9.59. The molecule has 182 valence electrons. The van der Waals surface area contributed by atoms with Gasteiger partial charge in [-0.1, -0.05) is 31.5 Å². The number of nitrogens with zero attached hydrogens (tertiary/aromatic N) is 4. The van der Waals surface area contributed by atoms with E-state index in [0.29, 0.717) is 6.61 Å². The fourth-order valence-corrected chi connectivity index (χ4v) is 5.54. The maximum absolute atomic E-state index is 6.24. The maximum atomic E-state index is 6.24. The highest BCUT2D eigenvalue weighted by Crippen LogP contribution is 2.33. The van der Waals surface area contributed by atoms with Gasteiger partial charge in [0.2, 0.25) is 0 Å². The number of para-hydroxylation sites is 1. The minimum Gasteiger partial charge on any atom is -0.494 e. The van der Waals surface area contributed by atoms with E-state index >= 15 is 0 Å². The molecule has 6 aromatic rings. The molecule has 0 spiro atoms. The van der Waals surface area contributed by atoms with Gasteiger partial charge in [0.25, 0.3) is 0 Å². The number of fused-ring (bicyclic) bond motifs is 6. The third-order valence-corrected chi connectivity index (χ3v) is 7.28. The molecule has 0 atom stereocenters. The Balaban J connectivity index is 1.18. The number of hydrogen-bond donors (Lipinski definition) is 0. The second-order valence-electron chi connectivity index (χ2n) is 9.59. The van der Waals surface area contributed by atoms with E-state index in [9.17, 15) is 0 Å².